The summed E-state index contributed by atoms with van der Waals surface area (Å²) in [7, 11) is 1.53. The van der Waals surface area contributed by atoms with Crippen molar-refractivity contribution in [1.82, 2.24) is 0 Å². The summed E-state index contributed by atoms with van der Waals surface area (Å²) in [6.07, 6.45) is 1.41. The van der Waals surface area contributed by atoms with Crippen molar-refractivity contribution >= 4 is 28.2 Å². The van der Waals surface area contributed by atoms with Crippen LogP contribution in [0.1, 0.15) is 59.1 Å². The molecule has 1 amide bonds. The Bertz CT molecular complexity index is 1220. The Kier molecular flexibility index (Phi) is 8.32. The molecule has 0 saturated heterocycles. The average molecular weight is 512 g/mol. The van der Waals surface area contributed by atoms with E-state index in [-0.39, 0.29) is 18.8 Å². The summed E-state index contributed by atoms with van der Waals surface area (Å²) in [5, 5.41) is 5.01. The highest BCUT2D eigenvalue weighted by Gasteiger charge is 2.31. The third-order valence-electron chi connectivity index (χ3n) is 5.56. The van der Waals surface area contributed by atoms with Crippen molar-refractivity contribution in [3.05, 3.63) is 64.5 Å². The molecule has 2 aromatic carbocycles. The summed E-state index contributed by atoms with van der Waals surface area (Å²) in [6.45, 7) is 4.81. The number of rotatable bonds is 10. The number of nitrogens with one attached hydrogen (secondary N) is 1. The average Bonchev–Trinajstić information content (AvgIpc) is 3.32. The van der Waals surface area contributed by atoms with Gasteiger partial charge in [0.05, 0.1) is 20.3 Å². The van der Waals surface area contributed by atoms with Crippen LogP contribution in [0.4, 0.5) is 5.00 Å². The molecule has 4 rings (SSSR count). The number of benzene rings is 2. The second kappa shape index (κ2) is 11.8. The smallest absolute Gasteiger partial charge is 0.341 e. The third-order valence-corrected chi connectivity index (χ3v) is 6.48. The first-order valence-electron chi connectivity index (χ1n) is 11.8. The number of carbonyl (C=O) groups excluding carboxylic acids is 2. The van der Waals surface area contributed by atoms with Crippen molar-refractivity contribution in [2.45, 2.75) is 32.8 Å². The third kappa shape index (κ3) is 5.57. The number of ether oxygens (including phenoxy) is 5. The normalized spacial score (nSPS) is 14.1. The zero-order valence-electron chi connectivity index (χ0n) is 20.5. The van der Waals surface area contributed by atoms with Crippen molar-refractivity contribution in [2.24, 2.45) is 0 Å². The van der Waals surface area contributed by atoms with Gasteiger partial charge >= 0.3 is 5.97 Å². The molecule has 2 heterocycles. The maximum atomic E-state index is 13.1. The molecule has 190 valence electrons. The number of thiophene rings is 1. The molecule has 0 fully saturated rings. The molecular formula is C27H29NO7S. The van der Waals surface area contributed by atoms with Crippen LogP contribution in [0.25, 0.3) is 0 Å². The SMILES string of the molecule is CCCCOc1ccc(C(=O)Nc2scc([C@H]3COc4ccccc4O3)c2C(=O)OCC)cc1OC. The van der Waals surface area contributed by atoms with Gasteiger partial charge in [0, 0.05) is 16.5 Å². The molecule has 8 nitrogen and oxygen atoms in total. The Hall–Kier alpha value is -3.72. The van der Waals surface area contributed by atoms with E-state index >= 15 is 0 Å². The molecule has 1 atom stereocenters. The van der Waals surface area contributed by atoms with Crippen LogP contribution in [0, 0.1) is 0 Å². The predicted octanol–water partition coefficient (Wildman–Crippen LogP) is 5.88. The van der Waals surface area contributed by atoms with Gasteiger partial charge in [-0.15, -0.1) is 11.3 Å². The minimum Gasteiger partial charge on any atom is -0.493 e. The highest BCUT2D eigenvalue weighted by atomic mass is 32.1. The molecule has 1 aliphatic heterocycles. The predicted molar refractivity (Wildman–Crippen MR) is 137 cm³/mol. The zero-order chi connectivity index (χ0) is 25.5. The number of hydrogen-bond donors (Lipinski definition) is 1. The lowest BCUT2D eigenvalue weighted by Crippen LogP contribution is -2.24. The van der Waals surface area contributed by atoms with Gasteiger partial charge in [-0.3, -0.25) is 4.79 Å². The van der Waals surface area contributed by atoms with Crippen LogP contribution in [-0.4, -0.2) is 38.8 Å². The van der Waals surface area contributed by atoms with Crippen molar-refractivity contribution < 1.29 is 33.3 Å². The molecule has 0 unspecified atom stereocenters. The fourth-order valence-corrected chi connectivity index (χ4v) is 4.70. The van der Waals surface area contributed by atoms with E-state index in [1.807, 2.05) is 24.3 Å². The molecule has 0 saturated carbocycles. The molecule has 0 spiro atoms. The largest absolute Gasteiger partial charge is 0.493 e. The number of fused-ring (bicyclic) bond motifs is 1. The number of unbranched alkanes of at least 4 members (excludes halogenated alkanes) is 1. The lowest BCUT2D eigenvalue weighted by atomic mass is 10.1. The van der Waals surface area contributed by atoms with Crippen molar-refractivity contribution in [3.8, 4) is 23.0 Å². The van der Waals surface area contributed by atoms with Crippen LogP contribution in [0.15, 0.2) is 47.8 Å². The lowest BCUT2D eigenvalue weighted by Gasteiger charge is -2.26. The van der Waals surface area contributed by atoms with Gasteiger partial charge in [0.15, 0.2) is 29.1 Å². The summed E-state index contributed by atoms with van der Waals surface area (Å²) in [4.78, 5) is 26.1. The van der Waals surface area contributed by atoms with Crippen molar-refractivity contribution in [1.29, 1.82) is 0 Å². The molecule has 0 radical (unpaired) electrons. The first kappa shape index (κ1) is 25.4. The monoisotopic (exact) mass is 511 g/mol. The van der Waals surface area contributed by atoms with Crippen LogP contribution in [0.2, 0.25) is 0 Å². The molecule has 3 aromatic rings. The van der Waals surface area contributed by atoms with Gasteiger partial charge in [-0.25, -0.2) is 4.79 Å². The molecule has 1 aliphatic rings. The molecule has 36 heavy (non-hydrogen) atoms. The number of methoxy groups -OCH3 is 1. The van der Waals surface area contributed by atoms with Crippen LogP contribution < -0.4 is 24.3 Å². The van der Waals surface area contributed by atoms with Crippen LogP contribution in [-0.2, 0) is 4.74 Å². The van der Waals surface area contributed by atoms with E-state index in [0.29, 0.717) is 45.7 Å². The Labute approximate surface area is 214 Å². The standard InChI is InChI=1S/C27H29NO7S/c1-4-6-13-33-20-12-11-17(14-22(20)31-3)25(29)28-26-24(27(30)32-5-2)18(16-36-26)23-15-34-19-9-7-8-10-21(19)35-23/h7-12,14,16,23H,4-6,13,15H2,1-3H3,(H,28,29)/t23-/m1/s1. The number of amides is 1. The van der Waals surface area contributed by atoms with E-state index in [1.54, 1.807) is 30.5 Å². The number of carbonyl (C=O) groups is 2. The summed E-state index contributed by atoms with van der Waals surface area (Å²) in [6, 6.07) is 12.3. The minimum absolute atomic E-state index is 0.197. The molecule has 0 bridgehead atoms. The topological polar surface area (TPSA) is 92.3 Å². The molecule has 0 aliphatic carbocycles. The Morgan fingerprint density at radius 2 is 1.92 bits per heavy atom. The number of esters is 1. The first-order chi connectivity index (χ1) is 17.5. The second-order valence-corrected chi connectivity index (χ2v) is 8.88. The van der Waals surface area contributed by atoms with E-state index in [2.05, 4.69) is 12.2 Å². The Morgan fingerprint density at radius 3 is 2.67 bits per heavy atom. The van der Waals surface area contributed by atoms with Crippen LogP contribution >= 0.6 is 11.3 Å². The maximum Gasteiger partial charge on any atom is 0.341 e. The summed E-state index contributed by atoms with van der Waals surface area (Å²) in [5.41, 5.74) is 1.22. The van der Waals surface area contributed by atoms with Gasteiger partial charge in [0.2, 0.25) is 0 Å². The van der Waals surface area contributed by atoms with Gasteiger partial charge in [0.25, 0.3) is 5.91 Å². The van der Waals surface area contributed by atoms with E-state index in [1.165, 1.54) is 18.4 Å². The van der Waals surface area contributed by atoms with E-state index in [9.17, 15) is 9.59 Å². The molecule has 1 aromatic heterocycles. The quantitative estimate of drug-likeness (QED) is 0.269. The Balaban J connectivity index is 1.57. The highest BCUT2D eigenvalue weighted by molar-refractivity contribution is 7.15. The lowest BCUT2D eigenvalue weighted by molar-refractivity contribution is 0.0513. The fraction of sp³-hybridized carbons (Fsp3) is 0.333. The van der Waals surface area contributed by atoms with Gasteiger partial charge in [-0.1, -0.05) is 25.5 Å². The van der Waals surface area contributed by atoms with E-state index in [0.717, 1.165) is 12.8 Å². The number of hydrogen-bond acceptors (Lipinski definition) is 8. The second-order valence-electron chi connectivity index (χ2n) is 8.00. The maximum absolute atomic E-state index is 13.1. The zero-order valence-corrected chi connectivity index (χ0v) is 21.3. The molecule has 9 heteroatoms. The number of anilines is 1. The van der Waals surface area contributed by atoms with Crippen molar-refractivity contribution in [2.75, 3.05) is 32.2 Å². The van der Waals surface area contributed by atoms with Gasteiger partial charge in [-0.05, 0) is 43.7 Å². The van der Waals surface area contributed by atoms with E-state index < -0.39 is 18.0 Å². The fourth-order valence-electron chi connectivity index (χ4n) is 3.72. The molecular weight excluding hydrogens is 482 g/mol. The van der Waals surface area contributed by atoms with Crippen LogP contribution in [0.3, 0.4) is 0 Å². The first-order valence-corrected chi connectivity index (χ1v) is 12.7. The summed E-state index contributed by atoms with van der Waals surface area (Å²) >= 11 is 1.23. The van der Waals surface area contributed by atoms with Crippen molar-refractivity contribution in [3.63, 3.8) is 0 Å². The number of para-hydroxylation sites is 2. The van der Waals surface area contributed by atoms with Gasteiger partial charge in [-0.2, -0.15) is 0 Å². The van der Waals surface area contributed by atoms with E-state index in [4.69, 9.17) is 23.7 Å². The summed E-state index contributed by atoms with van der Waals surface area (Å²) < 4.78 is 28.4. The summed E-state index contributed by atoms with van der Waals surface area (Å²) in [5.74, 6) is 1.34. The van der Waals surface area contributed by atoms with Gasteiger partial charge < -0.3 is 29.0 Å². The highest BCUT2D eigenvalue weighted by Crippen LogP contribution is 2.40. The van der Waals surface area contributed by atoms with Gasteiger partial charge in [0.1, 0.15) is 17.2 Å². The van der Waals surface area contributed by atoms with Crippen LogP contribution in [0.5, 0.6) is 23.0 Å². The Morgan fingerprint density at radius 1 is 1.11 bits per heavy atom. The molecule has 1 N–H and O–H groups in total. The minimum atomic E-state index is -0.538.